The molecule has 0 unspecified atom stereocenters. The molecule has 138 valence electrons. The van der Waals surface area contributed by atoms with Crippen molar-refractivity contribution in [2.75, 3.05) is 19.7 Å². The standard InChI is InChI=1S/C22H23N3O2/c1-15-5-3-7-20(16(15)2)27-14-21(26)25-11-8-17(9-12-25)18-13-24-19-6-4-10-23-22(18)19/h3-8,10,13,24H,9,11-12,14H2,1-2H3. The molecule has 0 aliphatic carbocycles. The van der Waals surface area contributed by atoms with Crippen LogP contribution in [0.1, 0.15) is 23.1 Å². The molecule has 0 atom stereocenters. The Kier molecular flexibility index (Phi) is 4.67. The normalized spacial score (nSPS) is 14.3. The van der Waals surface area contributed by atoms with Gasteiger partial charge in [0.1, 0.15) is 5.75 Å². The van der Waals surface area contributed by atoms with Crippen LogP contribution in [0.15, 0.2) is 48.8 Å². The van der Waals surface area contributed by atoms with Gasteiger partial charge in [0.15, 0.2) is 6.61 Å². The van der Waals surface area contributed by atoms with E-state index in [0.717, 1.165) is 39.9 Å². The van der Waals surface area contributed by atoms with Gasteiger partial charge in [-0.2, -0.15) is 0 Å². The lowest BCUT2D eigenvalue weighted by atomic mass is 10.0. The maximum atomic E-state index is 12.5. The third-order valence-corrected chi connectivity index (χ3v) is 5.25. The summed E-state index contributed by atoms with van der Waals surface area (Å²) in [6.45, 7) is 5.42. The topological polar surface area (TPSA) is 58.2 Å². The molecule has 0 saturated heterocycles. The number of benzene rings is 1. The smallest absolute Gasteiger partial charge is 0.260 e. The Bertz CT molecular complexity index is 1020. The Morgan fingerprint density at radius 3 is 2.96 bits per heavy atom. The van der Waals surface area contributed by atoms with E-state index in [1.54, 1.807) is 0 Å². The molecule has 0 fully saturated rings. The van der Waals surface area contributed by atoms with E-state index < -0.39 is 0 Å². The second-order valence-corrected chi connectivity index (χ2v) is 6.91. The van der Waals surface area contributed by atoms with Gasteiger partial charge in [0.25, 0.3) is 5.91 Å². The van der Waals surface area contributed by atoms with Crippen LogP contribution in [0.2, 0.25) is 0 Å². The van der Waals surface area contributed by atoms with Gasteiger partial charge in [-0.15, -0.1) is 0 Å². The van der Waals surface area contributed by atoms with Gasteiger partial charge in [-0.05, 0) is 55.2 Å². The first kappa shape index (κ1) is 17.3. The summed E-state index contributed by atoms with van der Waals surface area (Å²) in [5.74, 6) is 0.796. The highest BCUT2D eigenvalue weighted by Crippen LogP contribution is 2.28. The number of amides is 1. The Morgan fingerprint density at radius 2 is 2.15 bits per heavy atom. The number of H-pyrrole nitrogens is 1. The fourth-order valence-corrected chi connectivity index (χ4v) is 3.45. The van der Waals surface area contributed by atoms with E-state index in [2.05, 4.69) is 16.0 Å². The molecule has 0 bridgehead atoms. The van der Waals surface area contributed by atoms with Crippen LogP contribution in [0.4, 0.5) is 0 Å². The molecule has 5 heteroatoms. The van der Waals surface area contributed by atoms with Crippen LogP contribution in [0, 0.1) is 13.8 Å². The van der Waals surface area contributed by atoms with Crippen molar-refractivity contribution in [1.29, 1.82) is 0 Å². The van der Waals surface area contributed by atoms with Gasteiger partial charge < -0.3 is 14.6 Å². The number of hydrogen-bond donors (Lipinski definition) is 1. The van der Waals surface area contributed by atoms with Gasteiger partial charge in [-0.1, -0.05) is 18.2 Å². The van der Waals surface area contributed by atoms with Crippen LogP contribution in [0.25, 0.3) is 16.6 Å². The molecule has 4 rings (SSSR count). The first-order valence-electron chi connectivity index (χ1n) is 9.22. The highest BCUT2D eigenvalue weighted by molar-refractivity contribution is 5.90. The summed E-state index contributed by atoms with van der Waals surface area (Å²) >= 11 is 0. The van der Waals surface area contributed by atoms with E-state index in [9.17, 15) is 4.79 Å². The van der Waals surface area contributed by atoms with E-state index in [1.165, 1.54) is 5.57 Å². The van der Waals surface area contributed by atoms with Crippen molar-refractivity contribution in [3.63, 3.8) is 0 Å². The van der Waals surface area contributed by atoms with E-state index in [4.69, 9.17) is 4.74 Å². The average molecular weight is 361 g/mol. The molecule has 1 amide bonds. The lowest BCUT2D eigenvalue weighted by Gasteiger charge is -2.26. The van der Waals surface area contributed by atoms with E-state index in [-0.39, 0.29) is 12.5 Å². The van der Waals surface area contributed by atoms with Crippen LogP contribution in [0.5, 0.6) is 5.75 Å². The number of aromatic nitrogens is 2. The first-order chi connectivity index (χ1) is 13.1. The number of hydrogen-bond acceptors (Lipinski definition) is 3. The van der Waals surface area contributed by atoms with Crippen molar-refractivity contribution in [2.45, 2.75) is 20.3 Å². The lowest BCUT2D eigenvalue weighted by molar-refractivity contribution is -0.132. The summed E-state index contributed by atoms with van der Waals surface area (Å²) in [6.07, 6.45) is 6.75. The quantitative estimate of drug-likeness (QED) is 0.767. The molecule has 1 aliphatic rings. The van der Waals surface area contributed by atoms with Gasteiger partial charge >= 0.3 is 0 Å². The van der Waals surface area contributed by atoms with Crippen molar-refractivity contribution in [2.24, 2.45) is 0 Å². The van der Waals surface area contributed by atoms with Crippen LogP contribution in [-0.4, -0.2) is 40.5 Å². The maximum absolute atomic E-state index is 12.5. The maximum Gasteiger partial charge on any atom is 0.260 e. The summed E-state index contributed by atoms with van der Waals surface area (Å²) < 4.78 is 5.76. The fraction of sp³-hybridized carbons (Fsp3) is 0.273. The van der Waals surface area contributed by atoms with Gasteiger partial charge in [-0.25, -0.2) is 0 Å². The molecule has 2 aromatic heterocycles. The predicted molar refractivity (Wildman–Crippen MR) is 107 cm³/mol. The van der Waals surface area contributed by atoms with Gasteiger partial charge in [0.05, 0.1) is 11.0 Å². The number of ether oxygens (including phenoxy) is 1. The van der Waals surface area contributed by atoms with Crippen LogP contribution >= 0.6 is 0 Å². The molecule has 27 heavy (non-hydrogen) atoms. The predicted octanol–water partition coefficient (Wildman–Crippen LogP) is 3.87. The zero-order chi connectivity index (χ0) is 18.8. The molecule has 5 nitrogen and oxygen atoms in total. The molecule has 1 aliphatic heterocycles. The molecule has 0 spiro atoms. The minimum atomic E-state index is 0.0169. The number of aryl methyl sites for hydroxylation is 1. The lowest BCUT2D eigenvalue weighted by Crippen LogP contribution is -2.37. The summed E-state index contributed by atoms with van der Waals surface area (Å²) in [7, 11) is 0. The Morgan fingerprint density at radius 1 is 1.26 bits per heavy atom. The zero-order valence-electron chi connectivity index (χ0n) is 15.7. The van der Waals surface area contributed by atoms with Crippen molar-refractivity contribution < 1.29 is 9.53 Å². The van der Waals surface area contributed by atoms with Crippen LogP contribution in [0.3, 0.4) is 0 Å². The van der Waals surface area contributed by atoms with Crippen molar-refractivity contribution >= 4 is 22.5 Å². The number of aromatic amines is 1. The molecule has 0 radical (unpaired) electrons. The minimum absolute atomic E-state index is 0.0169. The SMILES string of the molecule is Cc1cccc(OCC(=O)N2CC=C(c3c[nH]c4cccnc34)CC2)c1C. The highest BCUT2D eigenvalue weighted by atomic mass is 16.5. The number of carbonyl (C=O) groups is 1. The molecule has 0 saturated carbocycles. The first-order valence-corrected chi connectivity index (χ1v) is 9.22. The summed E-state index contributed by atoms with van der Waals surface area (Å²) in [5, 5.41) is 0. The third-order valence-electron chi connectivity index (χ3n) is 5.25. The largest absolute Gasteiger partial charge is 0.483 e. The van der Waals surface area contributed by atoms with Crippen LogP contribution < -0.4 is 4.74 Å². The molecular formula is C22H23N3O2. The molecule has 3 aromatic rings. The van der Waals surface area contributed by atoms with Crippen molar-refractivity contribution in [3.8, 4) is 5.75 Å². The number of pyridine rings is 1. The third kappa shape index (κ3) is 3.45. The highest BCUT2D eigenvalue weighted by Gasteiger charge is 2.20. The zero-order valence-corrected chi connectivity index (χ0v) is 15.7. The minimum Gasteiger partial charge on any atom is -0.483 e. The van der Waals surface area contributed by atoms with E-state index in [0.29, 0.717) is 13.1 Å². The number of rotatable bonds is 4. The Hall–Kier alpha value is -3.08. The molecule has 1 N–H and O–H groups in total. The van der Waals surface area contributed by atoms with Gasteiger partial charge in [0.2, 0.25) is 0 Å². The molecule has 3 heterocycles. The van der Waals surface area contributed by atoms with Crippen molar-refractivity contribution in [3.05, 3.63) is 65.5 Å². The average Bonchev–Trinajstić information content (AvgIpc) is 3.13. The number of nitrogens with one attached hydrogen (secondary N) is 1. The monoisotopic (exact) mass is 361 g/mol. The fourth-order valence-electron chi connectivity index (χ4n) is 3.45. The van der Waals surface area contributed by atoms with E-state index >= 15 is 0 Å². The summed E-state index contributed by atoms with van der Waals surface area (Å²) in [4.78, 5) is 22.1. The summed E-state index contributed by atoms with van der Waals surface area (Å²) in [5.41, 5.74) is 6.63. The summed E-state index contributed by atoms with van der Waals surface area (Å²) in [6, 6.07) is 9.85. The second-order valence-electron chi connectivity index (χ2n) is 6.91. The number of fused-ring (bicyclic) bond motifs is 1. The van der Waals surface area contributed by atoms with Gasteiger partial charge in [0, 0.05) is 31.0 Å². The number of nitrogens with zero attached hydrogens (tertiary/aromatic N) is 2. The second kappa shape index (κ2) is 7.27. The number of carbonyl (C=O) groups excluding carboxylic acids is 1. The molecular weight excluding hydrogens is 338 g/mol. The van der Waals surface area contributed by atoms with Crippen LogP contribution in [-0.2, 0) is 4.79 Å². The Balaban J connectivity index is 1.41. The van der Waals surface area contributed by atoms with E-state index in [1.807, 2.05) is 61.5 Å². The Labute approximate surface area is 158 Å². The van der Waals surface area contributed by atoms with Gasteiger partial charge in [-0.3, -0.25) is 9.78 Å². The molecule has 1 aromatic carbocycles. The van der Waals surface area contributed by atoms with Crippen molar-refractivity contribution in [1.82, 2.24) is 14.9 Å².